The van der Waals surface area contributed by atoms with Gasteiger partial charge in [-0.25, -0.2) is 4.79 Å². The van der Waals surface area contributed by atoms with E-state index in [1.54, 1.807) is 12.1 Å². The van der Waals surface area contributed by atoms with E-state index in [0.29, 0.717) is 16.7 Å². The number of fused-ring (bicyclic) bond motifs is 3. The predicted octanol–water partition coefficient (Wildman–Crippen LogP) is 2.84. The molecule has 3 heteroatoms. The monoisotopic (exact) mass is 225 g/mol. The molecule has 0 unspecified atom stereocenters. The highest BCUT2D eigenvalue weighted by molar-refractivity contribution is 6.05. The van der Waals surface area contributed by atoms with Crippen molar-refractivity contribution < 1.29 is 4.42 Å². The van der Waals surface area contributed by atoms with Crippen LogP contribution in [-0.2, 0) is 0 Å². The molecule has 2 aromatic carbocycles. The Morgan fingerprint density at radius 1 is 1.00 bits per heavy atom. The standard InChI is InChI=1S/C14H11NO2/c1-8-2-5-13-11(6-8)10-4-3-9(15)7-12(10)14(16)17-13/h2-7H,15H2,1H3. The fourth-order valence-corrected chi connectivity index (χ4v) is 2.06. The lowest BCUT2D eigenvalue weighted by molar-refractivity contribution is 0.569. The lowest BCUT2D eigenvalue weighted by Gasteiger charge is -2.04. The summed E-state index contributed by atoms with van der Waals surface area (Å²) >= 11 is 0. The minimum absolute atomic E-state index is 0.344. The summed E-state index contributed by atoms with van der Waals surface area (Å²) in [5, 5.41) is 2.36. The van der Waals surface area contributed by atoms with Crippen LogP contribution in [0.1, 0.15) is 5.56 Å². The second-order valence-electron chi connectivity index (χ2n) is 4.19. The van der Waals surface area contributed by atoms with E-state index < -0.39 is 0 Å². The van der Waals surface area contributed by atoms with Crippen LogP contribution in [0.4, 0.5) is 5.69 Å². The molecule has 0 aliphatic heterocycles. The predicted molar refractivity (Wildman–Crippen MR) is 69.1 cm³/mol. The van der Waals surface area contributed by atoms with Gasteiger partial charge in [-0.1, -0.05) is 17.7 Å². The van der Waals surface area contributed by atoms with Crippen LogP contribution < -0.4 is 11.4 Å². The molecule has 1 aromatic heterocycles. The van der Waals surface area contributed by atoms with Gasteiger partial charge in [-0.15, -0.1) is 0 Å². The molecule has 0 bridgehead atoms. The first kappa shape index (κ1) is 9.90. The fraction of sp³-hybridized carbons (Fsp3) is 0.0714. The van der Waals surface area contributed by atoms with E-state index in [2.05, 4.69) is 0 Å². The van der Waals surface area contributed by atoms with Crippen LogP contribution in [0.2, 0.25) is 0 Å². The van der Waals surface area contributed by atoms with E-state index in [-0.39, 0.29) is 5.63 Å². The minimum Gasteiger partial charge on any atom is -0.422 e. The van der Waals surface area contributed by atoms with Crippen molar-refractivity contribution in [1.82, 2.24) is 0 Å². The van der Waals surface area contributed by atoms with Crippen molar-refractivity contribution in [2.24, 2.45) is 0 Å². The normalized spacial score (nSPS) is 11.1. The summed E-state index contributed by atoms with van der Waals surface area (Å²) < 4.78 is 5.27. The van der Waals surface area contributed by atoms with Crippen LogP contribution in [0.15, 0.2) is 45.6 Å². The van der Waals surface area contributed by atoms with Crippen LogP contribution in [0.3, 0.4) is 0 Å². The Bertz CT molecular complexity index is 787. The van der Waals surface area contributed by atoms with Gasteiger partial charge in [0.05, 0.1) is 5.39 Å². The molecule has 84 valence electrons. The Hall–Kier alpha value is -2.29. The molecule has 0 radical (unpaired) electrons. The maximum atomic E-state index is 11.8. The van der Waals surface area contributed by atoms with Gasteiger partial charge in [0.15, 0.2) is 0 Å². The lowest BCUT2D eigenvalue weighted by atomic mass is 10.1. The average Bonchev–Trinajstić information content (AvgIpc) is 2.30. The fourth-order valence-electron chi connectivity index (χ4n) is 2.06. The lowest BCUT2D eigenvalue weighted by Crippen LogP contribution is -2.00. The van der Waals surface area contributed by atoms with Gasteiger partial charge in [-0.2, -0.15) is 0 Å². The summed E-state index contributed by atoms with van der Waals surface area (Å²) in [5.74, 6) is 0. The summed E-state index contributed by atoms with van der Waals surface area (Å²) in [6.45, 7) is 2.01. The molecule has 0 saturated carbocycles. The summed E-state index contributed by atoms with van der Waals surface area (Å²) in [4.78, 5) is 11.8. The second-order valence-corrected chi connectivity index (χ2v) is 4.19. The van der Waals surface area contributed by atoms with Crippen molar-refractivity contribution >= 4 is 27.4 Å². The first-order valence-electron chi connectivity index (χ1n) is 5.38. The van der Waals surface area contributed by atoms with Crippen molar-refractivity contribution in [3.8, 4) is 0 Å². The Labute approximate surface area is 97.5 Å². The molecule has 0 aliphatic rings. The molecule has 0 fully saturated rings. The van der Waals surface area contributed by atoms with Gasteiger partial charge >= 0.3 is 5.63 Å². The maximum Gasteiger partial charge on any atom is 0.344 e. The van der Waals surface area contributed by atoms with E-state index in [4.69, 9.17) is 10.2 Å². The van der Waals surface area contributed by atoms with Gasteiger partial charge in [0.1, 0.15) is 5.58 Å². The van der Waals surface area contributed by atoms with Crippen LogP contribution in [0, 0.1) is 6.92 Å². The third-order valence-corrected chi connectivity index (χ3v) is 2.89. The van der Waals surface area contributed by atoms with Crippen LogP contribution in [-0.4, -0.2) is 0 Å². The average molecular weight is 225 g/mol. The number of rotatable bonds is 0. The SMILES string of the molecule is Cc1ccc2oc(=O)c3cc(N)ccc3c2c1. The van der Waals surface area contributed by atoms with Crippen molar-refractivity contribution in [3.05, 3.63) is 52.4 Å². The topological polar surface area (TPSA) is 56.2 Å². The third kappa shape index (κ3) is 1.47. The molecule has 0 amide bonds. The van der Waals surface area contributed by atoms with Crippen molar-refractivity contribution in [1.29, 1.82) is 0 Å². The first-order valence-corrected chi connectivity index (χ1v) is 5.38. The molecule has 0 saturated heterocycles. The molecule has 0 aliphatic carbocycles. The van der Waals surface area contributed by atoms with Gasteiger partial charge < -0.3 is 10.2 Å². The summed E-state index contributed by atoms with van der Waals surface area (Å²) in [5.41, 5.74) is 7.65. The quantitative estimate of drug-likeness (QED) is 0.363. The van der Waals surface area contributed by atoms with Gasteiger partial charge in [0.25, 0.3) is 0 Å². The number of nitrogens with two attached hydrogens (primary N) is 1. The van der Waals surface area contributed by atoms with Crippen molar-refractivity contribution in [2.45, 2.75) is 6.92 Å². The Morgan fingerprint density at radius 3 is 2.65 bits per heavy atom. The van der Waals surface area contributed by atoms with Crippen molar-refractivity contribution in [2.75, 3.05) is 5.73 Å². The third-order valence-electron chi connectivity index (χ3n) is 2.89. The van der Waals surface area contributed by atoms with Crippen LogP contribution >= 0.6 is 0 Å². The molecule has 2 N–H and O–H groups in total. The molecule has 3 nitrogen and oxygen atoms in total. The van der Waals surface area contributed by atoms with Crippen molar-refractivity contribution in [3.63, 3.8) is 0 Å². The van der Waals surface area contributed by atoms with Gasteiger partial charge in [0, 0.05) is 16.5 Å². The molecule has 1 heterocycles. The van der Waals surface area contributed by atoms with Crippen LogP contribution in [0.5, 0.6) is 0 Å². The van der Waals surface area contributed by atoms with Gasteiger partial charge in [0.2, 0.25) is 0 Å². The summed E-state index contributed by atoms with van der Waals surface area (Å²) in [6.07, 6.45) is 0. The number of hydrogen-bond donors (Lipinski definition) is 1. The number of aryl methyl sites for hydroxylation is 1. The van der Waals surface area contributed by atoms with Crippen LogP contribution in [0.25, 0.3) is 21.7 Å². The van der Waals surface area contributed by atoms with E-state index in [0.717, 1.165) is 16.3 Å². The highest BCUT2D eigenvalue weighted by atomic mass is 16.4. The molecule has 0 atom stereocenters. The second kappa shape index (κ2) is 3.35. The zero-order valence-corrected chi connectivity index (χ0v) is 9.36. The Balaban J connectivity index is 2.62. The number of anilines is 1. The van der Waals surface area contributed by atoms with Gasteiger partial charge in [-0.3, -0.25) is 0 Å². The zero-order chi connectivity index (χ0) is 12.0. The molecular formula is C14H11NO2. The Kier molecular flexibility index (Phi) is 1.95. The minimum atomic E-state index is -0.344. The molecule has 3 aromatic rings. The van der Waals surface area contributed by atoms with E-state index in [9.17, 15) is 4.79 Å². The zero-order valence-electron chi connectivity index (χ0n) is 9.36. The van der Waals surface area contributed by atoms with E-state index in [1.807, 2.05) is 31.2 Å². The van der Waals surface area contributed by atoms with E-state index >= 15 is 0 Å². The number of hydrogen-bond acceptors (Lipinski definition) is 3. The highest BCUT2D eigenvalue weighted by Crippen LogP contribution is 2.24. The number of nitrogen functional groups attached to an aromatic ring is 1. The number of benzene rings is 2. The molecule has 17 heavy (non-hydrogen) atoms. The largest absolute Gasteiger partial charge is 0.422 e. The summed E-state index contributed by atoms with van der Waals surface area (Å²) in [6, 6.07) is 11.1. The van der Waals surface area contributed by atoms with Gasteiger partial charge in [-0.05, 0) is 31.2 Å². The first-order chi connectivity index (χ1) is 8.15. The van der Waals surface area contributed by atoms with E-state index in [1.165, 1.54) is 0 Å². The summed E-state index contributed by atoms with van der Waals surface area (Å²) in [7, 11) is 0. The molecular weight excluding hydrogens is 214 g/mol. The highest BCUT2D eigenvalue weighted by Gasteiger charge is 2.07. The smallest absolute Gasteiger partial charge is 0.344 e. The molecule has 0 spiro atoms. The molecule has 3 rings (SSSR count). The maximum absolute atomic E-state index is 11.8. The Morgan fingerprint density at radius 2 is 1.82 bits per heavy atom.